The van der Waals surface area contributed by atoms with E-state index in [2.05, 4.69) is 10.0 Å². The van der Waals surface area contributed by atoms with Crippen LogP contribution in [0.1, 0.15) is 25.7 Å². The first-order chi connectivity index (χ1) is 19.2. The van der Waals surface area contributed by atoms with Gasteiger partial charge < -0.3 is 15.0 Å². The molecule has 11 heteroatoms. The molecule has 0 aromatic heterocycles. The maximum Gasteiger partial charge on any atom is 0.264 e. The lowest BCUT2D eigenvalue weighted by Gasteiger charge is -2.30. The summed E-state index contributed by atoms with van der Waals surface area (Å²) in [6.07, 6.45) is 7.84. The van der Waals surface area contributed by atoms with E-state index in [0.717, 1.165) is 43.7 Å². The Morgan fingerprint density at radius 2 is 1.55 bits per heavy atom. The highest BCUT2D eigenvalue weighted by molar-refractivity contribution is 7.92. The fraction of sp³-hybridized carbons (Fsp3) is 0.414. The number of ether oxygens (including phenoxy) is 1. The van der Waals surface area contributed by atoms with Crippen LogP contribution in [-0.2, 0) is 24.4 Å². The van der Waals surface area contributed by atoms with Gasteiger partial charge in [-0.2, -0.15) is 0 Å². The Labute approximate surface area is 233 Å². The third kappa shape index (κ3) is 4.72. The van der Waals surface area contributed by atoms with Gasteiger partial charge in [-0.15, -0.1) is 0 Å². The normalized spacial score (nSPS) is 25.3. The summed E-state index contributed by atoms with van der Waals surface area (Å²) < 4.78 is 35.0. The van der Waals surface area contributed by atoms with Gasteiger partial charge in [-0.1, -0.05) is 12.2 Å². The van der Waals surface area contributed by atoms with Crippen molar-refractivity contribution in [2.24, 2.45) is 23.7 Å². The molecular weight excluding hydrogens is 532 g/mol. The van der Waals surface area contributed by atoms with Crippen LogP contribution < -0.4 is 19.7 Å². The fourth-order valence-corrected chi connectivity index (χ4v) is 7.85. The molecule has 2 bridgehead atoms. The molecule has 1 saturated carbocycles. The second kappa shape index (κ2) is 10.3. The number of carbonyl (C=O) groups is 3. The van der Waals surface area contributed by atoms with E-state index in [0.29, 0.717) is 17.1 Å². The average Bonchev–Trinajstić information content (AvgIpc) is 3.64. The number of rotatable bonds is 8. The summed E-state index contributed by atoms with van der Waals surface area (Å²) in [6, 6.07) is 11.3. The standard InChI is InChI=1S/C29H32N4O6S/c1-39-22-10-7-20(8-11-22)31-40(37,38)24-16-21(9-12-23(24)32-13-3-2-4-14-32)30-25(34)17-33-28(35)26-18-5-6-19(15-18)27(26)29(33)36/h5-12,16,18-19,26-27,31H,2-4,13-15,17H2,1H3,(H,30,34)/t18-,19+,26-,27+. The Morgan fingerprint density at radius 1 is 0.925 bits per heavy atom. The van der Waals surface area contributed by atoms with Crippen LogP contribution in [-0.4, -0.2) is 57.8 Å². The van der Waals surface area contributed by atoms with E-state index in [-0.39, 0.29) is 46.1 Å². The van der Waals surface area contributed by atoms with E-state index < -0.39 is 22.5 Å². The van der Waals surface area contributed by atoms with Gasteiger partial charge in [0.15, 0.2) is 0 Å². The number of imide groups is 1. The van der Waals surface area contributed by atoms with Crippen LogP contribution in [0.15, 0.2) is 59.5 Å². The van der Waals surface area contributed by atoms with Gasteiger partial charge in [0.25, 0.3) is 10.0 Å². The zero-order valence-electron chi connectivity index (χ0n) is 22.2. The predicted octanol–water partition coefficient (Wildman–Crippen LogP) is 3.23. The molecule has 0 spiro atoms. The molecule has 0 radical (unpaired) electrons. The van der Waals surface area contributed by atoms with Gasteiger partial charge >= 0.3 is 0 Å². The topological polar surface area (TPSA) is 125 Å². The smallest absolute Gasteiger partial charge is 0.264 e. The Kier molecular flexibility index (Phi) is 6.77. The monoisotopic (exact) mass is 564 g/mol. The van der Waals surface area contributed by atoms with Crippen molar-refractivity contribution in [1.29, 1.82) is 0 Å². The molecular formula is C29H32N4O6S. The van der Waals surface area contributed by atoms with Gasteiger partial charge in [-0.25, -0.2) is 8.42 Å². The van der Waals surface area contributed by atoms with Crippen molar-refractivity contribution >= 4 is 44.8 Å². The van der Waals surface area contributed by atoms with E-state index in [1.165, 1.54) is 13.2 Å². The average molecular weight is 565 g/mol. The van der Waals surface area contributed by atoms with Crippen LogP contribution in [0.25, 0.3) is 0 Å². The van der Waals surface area contributed by atoms with E-state index in [1.54, 1.807) is 36.4 Å². The second-order valence-corrected chi connectivity index (χ2v) is 12.5. The first-order valence-electron chi connectivity index (χ1n) is 13.6. The molecule has 10 nitrogen and oxygen atoms in total. The summed E-state index contributed by atoms with van der Waals surface area (Å²) in [5.74, 6) is -1.17. The Bertz CT molecular complexity index is 1450. The molecule has 0 unspecified atom stereocenters. The van der Waals surface area contributed by atoms with Crippen LogP contribution in [0.3, 0.4) is 0 Å². The molecule has 2 aliphatic carbocycles. The van der Waals surface area contributed by atoms with Crippen molar-refractivity contribution in [3.8, 4) is 5.75 Å². The molecule has 4 atom stereocenters. The van der Waals surface area contributed by atoms with Crippen LogP contribution in [0.5, 0.6) is 5.75 Å². The van der Waals surface area contributed by atoms with Crippen LogP contribution in [0.4, 0.5) is 17.1 Å². The number of nitrogens with one attached hydrogen (secondary N) is 2. The van der Waals surface area contributed by atoms with Gasteiger partial charge in [-0.3, -0.25) is 24.0 Å². The van der Waals surface area contributed by atoms with Crippen molar-refractivity contribution < 1.29 is 27.5 Å². The number of hydrogen-bond donors (Lipinski definition) is 2. The summed E-state index contributed by atoms with van der Waals surface area (Å²) in [7, 11) is -2.50. The lowest BCUT2D eigenvalue weighted by Crippen LogP contribution is -2.39. The van der Waals surface area contributed by atoms with E-state index in [9.17, 15) is 22.8 Å². The van der Waals surface area contributed by atoms with Gasteiger partial charge in [-0.05, 0) is 80.0 Å². The number of benzene rings is 2. The van der Waals surface area contributed by atoms with Gasteiger partial charge in [0.05, 0.1) is 24.6 Å². The molecule has 40 heavy (non-hydrogen) atoms. The molecule has 2 heterocycles. The third-order valence-electron chi connectivity index (χ3n) is 8.44. The van der Waals surface area contributed by atoms with Crippen molar-refractivity contribution in [3.63, 3.8) is 0 Å². The van der Waals surface area contributed by atoms with Crippen LogP contribution in [0.2, 0.25) is 0 Å². The number of fused-ring (bicyclic) bond motifs is 5. The number of likely N-dealkylation sites (tertiary alicyclic amines) is 1. The molecule has 210 valence electrons. The fourth-order valence-electron chi connectivity index (χ4n) is 6.54. The molecule has 6 rings (SSSR count). The summed E-state index contributed by atoms with van der Waals surface area (Å²) in [5.41, 5.74) is 1.20. The maximum atomic E-state index is 13.6. The summed E-state index contributed by atoms with van der Waals surface area (Å²) in [5, 5.41) is 2.71. The zero-order chi connectivity index (χ0) is 28.0. The zero-order valence-corrected chi connectivity index (χ0v) is 23.0. The summed E-state index contributed by atoms with van der Waals surface area (Å²) in [4.78, 5) is 42.1. The van der Waals surface area contributed by atoms with Crippen LogP contribution in [0, 0.1) is 23.7 Å². The largest absolute Gasteiger partial charge is 0.497 e. The van der Waals surface area contributed by atoms with Crippen molar-refractivity contribution in [3.05, 3.63) is 54.6 Å². The number of piperidine rings is 1. The van der Waals surface area contributed by atoms with Gasteiger partial charge in [0.1, 0.15) is 17.2 Å². The number of methoxy groups -OCH3 is 1. The minimum absolute atomic E-state index is 0.0357. The minimum atomic E-state index is -4.04. The first-order valence-corrected chi connectivity index (χ1v) is 15.1. The molecule has 3 amide bonds. The highest BCUT2D eigenvalue weighted by atomic mass is 32.2. The number of allylic oxidation sites excluding steroid dienone is 2. The molecule has 2 saturated heterocycles. The highest BCUT2D eigenvalue weighted by Gasteiger charge is 2.59. The number of sulfonamides is 1. The van der Waals surface area contributed by atoms with E-state index >= 15 is 0 Å². The predicted molar refractivity (Wildman–Crippen MR) is 149 cm³/mol. The lowest BCUT2D eigenvalue weighted by molar-refractivity contribution is -0.143. The van der Waals surface area contributed by atoms with E-state index in [4.69, 9.17) is 4.74 Å². The minimum Gasteiger partial charge on any atom is -0.497 e. The highest BCUT2D eigenvalue weighted by Crippen LogP contribution is 2.52. The lowest BCUT2D eigenvalue weighted by atomic mass is 9.85. The first kappa shape index (κ1) is 26.4. The third-order valence-corrected chi connectivity index (χ3v) is 9.85. The second-order valence-electron chi connectivity index (χ2n) is 10.9. The Balaban J connectivity index is 1.22. The molecule has 2 aromatic rings. The quantitative estimate of drug-likeness (QED) is 0.373. The SMILES string of the molecule is COc1ccc(NS(=O)(=O)c2cc(NC(=O)CN3C(=O)[C@@H]4[C@H](C3=O)[C@@H]3C=C[C@H]4C3)ccc2N2CCCCC2)cc1. The molecule has 2 aromatic carbocycles. The van der Waals surface area contributed by atoms with Crippen molar-refractivity contribution in [2.45, 2.75) is 30.6 Å². The number of anilines is 3. The molecule has 4 aliphatic rings. The van der Waals surface area contributed by atoms with Crippen molar-refractivity contribution in [1.82, 2.24) is 4.90 Å². The number of carbonyl (C=O) groups excluding carboxylic acids is 3. The maximum absolute atomic E-state index is 13.6. The summed E-state index contributed by atoms with van der Waals surface area (Å²) in [6.45, 7) is 1.06. The van der Waals surface area contributed by atoms with E-state index in [1.807, 2.05) is 17.1 Å². The van der Waals surface area contributed by atoms with Gasteiger partial charge in [0.2, 0.25) is 17.7 Å². The number of nitrogens with zero attached hydrogens (tertiary/aromatic N) is 2. The Hall–Kier alpha value is -3.86. The van der Waals surface area contributed by atoms with Gasteiger partial charge in [0, 0.05) is 24.5 Å². The Morgan fingerprint density at radius 3 is 2.17 bits per heavy atom. The molecule has 2 N–H and O–H groups in total. The van der Waals surface area contributed by atoms with Crippen LogP contribution >= 0.6 is 0 Å². The molecule has 2 aliphatic heterocycles. The summed E-state index contributed by atoms with van der Waals surface area (Å²) >= 11 is 0. The molecule has 3 fully saturated rings. The number of amides is 3. The number of hydrogen-bond acceptors (Lipinski definition) is 7. The van der Waals surface area contributed by atoms with Crippen molar-refractivity contribution in [2.75, 3.05) is 41.7 Å².